The van der Waals surface area contributed by atoms with Crippen molar-refractivity contribution in [3.05, 3.63) is 48.0 Å². The largest absolute Gasteiger partial charge is 0.490 e. The number of amides is 2. The zero-order valence-electron chi connectivity index (χ0n) is 17.7. The number of anilines is 2. The first-order chi connectivity index (χ1) is 14.3. The molecule has 2 aromatic carbocycles. The number of hydrogen-bond donors (Lipinski definition) is 1. The monoisotopic (exact) mass is 408 g/mol. The minimum Gasteiger partial charge on any atom is -0.490 e. The minimum atomic E-state index is -0.508. The average Bonchev–Trinajstić information content (AvgIpc) is 2.69. The molecule has 30 heavy (non-hydrogen) atoms. The molecule has 158 valence electrons. The molecule has 2 aromatic rings. The molecule has 0 bridgehead atoms. The van der Waals surface area contributed by atoms with Gasteiger partial charge in [0.25, 0.3) is 5.91 Å². The molecule has 0 saturated heterocycles. The Morgan fingerprint density at radius 3 is 2.60 bits per heavy atom. The van der Waals surface area contributed by atoms with Gasteiger partial charge in [0.1, 0.15) is 18.1 Å². The third kappa shape index (κ3) is 4.13. The molecule has 6 nitrogen and oxygen atoms in total. The van der Waals surface area contributed by atoms with Crippen LogP contribution in [0.4, 0.5) is 11.4 Å². The maximum absolute atomic E-state index is 13.0. The Kier molecular flexibility index (Phi) is 5.41. The van der Waals surface area contributed by atoms with E-state index in [9.17, 15) is 9.59 Å². The van der Waals surface area contributed by atoms with Crippen molar-refractivity contribution < 1.29 is 19.1 Å². The summed E-state index contributed by atoms with van der Waals surface area (Å²) in [5.74, 6) is 1.03. The van der Waals surface area contributed by atoms with Crippen LogP contribution in [0.25, 0.3) is 0 Å². The fraction of sp³-hybridized carbons (Fsp3) is 0.417. The zero-order chi connectivity index (χ0) is 21.3. The second kappa shape index (κ2) is 8.01. The van der Waals surface area contributed by atoms with E-state index in [1.54, 1.807) is 29.2 Å². The SMILES string of the molecule is CC(C)(C)C(=O)N1CCOc2ccc(NC(=O)c3ccccc3OC3CCC3)cc21. The quantitative estimate of drug-likeness (QED) is 0.800. The molecule has 1 aliphatic carbocycles. The third-order valence-electron chi connectivity index (χ3n) is 5.44. The maximum Gasteiger partial charge on any atom is 0.259 e. The fourth-order valence-corrected chi connectivity index (χ4v) is 3.53. The van der Waals surface area contributed by atoms with Gasteiger partial charge in [-0.25, -0.2) is 0 Å². The lowest BCUT2D eigenvalue weighted by Crippen LogP contribution is -2.44. The molecule has 1 N–H and O–H groups in total. The molecule has 4 rings (SSSR count). The molecule has 2 aliphatic rings. The van der Waals surface area contributed by atoms with Gasteiger partial charge in [-0.1, -0.05) is 32.9 Å². The molecule has 0 radical (unpaired) electrons. The van der Waals surface area contributed by atoms with Crippen molar-refractivity contribution in [2.24, 2.45) is 5.41 Å². The Balaban J connectivity index is 1.56. The van der Waals surface area contributed by atoms with Crippen molar-refractivity contribution in [2.75, 3.05) is 23.4 Å². The summed E-state index contributed by atoms with van der Waals surface area (Å²) in [5, 5.41) is 2.94. The van der Waals surface area contributed by atoms with Gasteiger partial charge in [0.05, 0.1) is 23.9 Å². The van der Waals surface area contributed by atoms with E-state index in [4.69, 9.17) is 9.47 Å². The molecule has 0 atom stereocenters. The Hall–Kier alpha value is -3.02. The molecule has 0 aromatic heterocycles. The summed E-state index contributed by atoms with van der Waals surface area (Å²) in [7, 11) is 0. The van der Waals surface area contributed by atoms with Gasteiger partial charge in [0.2, 0.25) is 5.91 Å². The van der Waals surface area contributed by atoms with E-state index in [0.717, 1.165) is 12.8 Å². The van der Waals surface area contributed by atoms with E-state index in [1.807, 2.05) is 39.0 Å². The number of fused-ring (bicyclic) bond motifs is 1. The van der Waals surface area contributed by atoms with Crippen molar-refractivity contribution in [1.29, 1.82) is 0 Å². The Labute approximate surface area is 177 Å². The van der Waals surface area contributed by atoms with Crippen LogP contribution in [0, 0.1) is 5.41 Å². The van der Waals surface area contributed by atoms with Crippen LogP contribution in [0.1, 0.15) is 50.4 Å². The van der Waals surface area contributed by atoms with Gasteiger partial charge in [0, 0.05) is 11.1 Å². The van der Waals surface area contributed by atoms with E-state index in [-0.39, 0.29) is 17.9 Å². The van der Waals surface area contributed by atoms with Crippen LogP contribution in [0.2, 0.25) is 0 Å². The maximum atomic E-state index is 13.0. The smallest absolute Gasteiger partial charge is 0.259 e. The van der Waals surface area contributed by atoms with Gasteiger partial charge >= 0.3 is 0 Å². The van der Waals surface area contributed by atoms with E-state index in [2.05, 4.69) is 5.32 Å². The molecule has 1 heterocycles. The standard InChI is InChI=1S/C24H28N2O4/c1-24(2,3)23(28)26-13-14-29-21-12-11-16(15-19(21)26)25-22(27)18-9-4-5-10-20(18)30-17-7-6-8-17/h4-5,9-12,15,17H,6-8,13-14H2,1-3H3,(H,25,27). The van der Waals surface area contributed by atoms with Crippen molar-refractivity contribution in [2.45, 2.75) is 46.1 Å². The van der Waals surface area contributed by atoms with Crippen LogP contribution >= 0.6 is 0 Å². The molecule has 0 spiro atoms. The number of ether oxygens (including phenoxy) is 2. The lowest BCUT2D eigenvalue weighted by molar-refractivity contribution is -0.126. The summed E-state index contributed by atoms with van der Waals surface area (Å²) in [6.45, 7) is 6.63. The second-order valence-corrected chi connectivity index (χ2v) is 8.86. The third-order valence-corrected chi connectivity index (χ3v) is 5.44. The van der Waals surface area contributed by atoms with Gasteiger partial charge in [0.15, 0.2) is 0 Å². The number of carbonyl (C=O) groups excluding carboxylic acids is 2. The molecule has 6 heteroatoms. The summed E-state index contributed by atoms with van der Waals surface area (Å²) in [5.41, 5.74) is 1.28. The highest BCUT2D eigenvalue weighted by molar-refractivity contribution is 6.07. The van der Waals surface area contributed by atoms with E-state index in [0.29, 0.717) is 41.6 Å². The van der Waals surface area contributed by atoms with Gasteiger partial charge in [-0.05, 0) is 49.6 Å². The van der Waals surface area contributed by atoms with Crippen LogP contribution in [0.15, 0.2) is 42.5 Å². The van der Waals surface area contributed by atoms with Gasteiger partial charge in [-0.2, -0.15) is 0 Å². The number of nitrogens with one attached hydrogen (secondary N) is 1. The van der Waals surface area contributed by atoms with Crippen LogP contribution in [0.5, 0.6) is 11.5 Å². The van der Waals surface area contributed by atoms with Crippen molar-refractivity contribution >= 4 is 23.2 Å². The van der Waals surface area contributed by atoms with Crippen LogP contribution < -0.4 is 19.7 Å². The van der Waals surface area contributed by atoms with Crippen molar-refractivity contribution in [1.82, 2.24) is 0 Å². The van der Waals surface area contributed by atoms with Crippen molar-refractivity contribution in [3.63, 3.8) is 0 Å². The number of carbonyl (C=O) groups is 2. The highest BCUT2D eigenvalue weighted by Crippen LogP contribution is 2.37. The molecule has 1 aliphatic heterocycles. The Morgan fingerprint density at radius 2 is 1.90 bits per heavy atom. The number of para-hydroxylation sites is 1. The molecular formula is C24H28N2O4. The molecule has 1 saturated carbocycles. The first kappa shape index (κ1) is 20.3. The lowest BCUT2D eigenvalue weighted by Gasteiger charge is -2.34. The number of nitrogens with zero attached hydrogens (tertiary/aromatic N) is 1. The van der Waals surface area contributed by atoms with Crippen LogP contribution in [-0.2, 0) is 4.79 Å². The number of hydrogen-bond acceptors (Lipinski definition) is 4. The molecule has 0 unspecified atom stereocenters. The zero-order valence-corrected chi connectivity index (χ0v) is 17.7. The summed E-state index contributed by atoms with van der Waals surface area (Å²) < 4.78 is 11.7. The van der Waals surface area contributed by atoms with Crippen molar-refractivity contribution in [3.8, 4) is 11.5 Å². The minimum absolute atomic E-state index is 0.0229. The Morgan fingerprint density at radius 1 is 1.13 bits per heavy atom. The molecule has 2 amide bonds. The van der Waals surface area contributed by atoms with Gasteiger partial charge in [-0.15, -0.1) is 0 Å². The van der Waals surface area contributed by atoms with Gasteiger partial charge < -0.3 is 19.7 Å². The highest BCUT2D eigenvalue weighted by atomic mass is 16.5. The number of rotatable bonds is 4. The van der Waals surface area contributed by atoms with E-state index in [1.165, 1.54) is 6.42 Å². The summed E-state index contributed by atoms with van der Waals surface area (Å²) >= 11 is 0. The summed E-state index contributed by atoms with van der Waals surface area (Å²) in [4.78, 5) is 27.6. The van der Waals surface area contributed by atoms with E-state index >= 15 is 0 Å². The topological polar surface area (TPSA) is 67.9 Å². The second-order valence-electron chi connectivity index (χ2n) is 8.86. The van der Waals surface area contributed by atoms with Crippen LogP contribution in [-0.4, -0.2) is 31.1 Å². The highest BCUT2D eigenvalue weighted by Gasteiger charge is 2.32. The normalized spacial score (nSPS) is 16.2. The fourth-order valence-electron chi connectivity index (χ4n) is 3.53. The van der Waals surface area contributed by atoms with E-state index < -0.39 is 5.41 Å². The first-order valence-electron chi connectivity index (χ1n) is 10.5. The summed E-state index contributed by atoms with van der Waals surface area (Å²) in [6, 6.07) is 12.7. The molecular weight excluding hydrogens is 380 g/mol. The lowest BCUT2D eigenvalue weighted by atomic mass is 9.94. The molecule has 1 fully saturated rings. The first-order valence-corrected chi connectivity index (χ1v) is 10.5. The number of benzene rings is 2. The van der Waals surface area contributed by atoms with Crippen LogP contribution in [0.3, 0.4) is 0 Å². The Bertz CT molecular complexity index is 960. The average molecular weight is 408 g/mol. The summed E-state index contributed by atoms with van der Waals surface area (Å²) in [6.07, 6.45) is 3.41. The predicted octanol–water partition coefficient (Wildman–Crippen LogP) is 4.64. The predicted molar refractivity (Wildman–Crippen MR) is 116 cm³/mol. The van der Waals surface area contributed by atoms with Gasteiger partial charge in [-0.3, -0.25) is 9.59 Å².